The highest BCUT2D eigenvalue weighted by Gasteiger charge is 2.49. The molecule has 7 rings (SSSR count). The van der Waals surface area contributed by atoms with E-state index in [4.69, 9.17) is 14.8 Å². The molecule has 1 saturated carbocycles. The first-order chi connectivity index (χ1) is 18.6. The minimum Gasteiger partial charge on any atom is -0.438 e. The summed E-state index contributed by atoms with van der Waals surface area (Å²) < 4.78 is 21.6. The molecule has 1 amide bonds. The van der Waals surface area contributed by atoms with Crippen LogP contribution in [0.25, 0.3) is 11.3 Å². The second-order valence-electron chi connectivity index (χ2n) is 9.86. The lowest BCUT2D eigenvalue weighted by molar-refractivity contribution is 0.0862. The number of rotatable bonds is 5. The zero-order chi connectivity index (χ0) is 25.8. The van der Waals surface area contributed by atoms with Crippen molar-refractivity contribution in [3.05, 3.63) is 89.9 Å². The van der Waals surface area contributed by atoms with Crippen LogP contribution in [-0.4, -0.2) is 50.7 Å². The molecule has 4 aromatic rings. The predicted molar refractivity (Wildman–Crippen MR) is 141 cm³/mol. The van der Waals surface area contributed by atoms with E-state index in [9.17, 15) is 9.18 Å². The third-order valence-corrected chi connectivity index (χ3v) is 7.48. The predicted octanol–water partition coefficient (Wildman–Crippen LogP) is 5.11. The van der Waals surface area contributed by atoms with Gasteiger partial charge in [-0.2, -0.15) is 5.10 Å². The van der Waals surface area contributed by atoms with Gasteiger partial charge in [0, 0.05) is 18.8 Å². The minimum atomic E-state index is -0.359. The maximum Gasteiger partial charge on any atom is 0.269 e. The van der Waals surface area contributed by atoms with Crippen molar-refractivity contribution in [3.8, 4) is 22.9 Å². The van der Waals surface area contributed by atoms with Crippen molar-refractivity contribution >= 4 is 17.7 Å². The summed E-state index contributed by atoms with van der Waals surface area (Å²) in [5.74, 6) is 1.40. The first kappa shape index (κ1) is 22.7. The highest BCUT2D eigenvalue weighted by molar-refractivity contribution is 6.20. The largest absolute Gasteiger partial charge is 0.438 e. The van der Waals surface area contributed by atoms with Crippen molar-refractivity contribution in [1.82, 2.24) is 19.7 Å². The fourth-order valence-corrected chi connectivity index (χ4v) is 5.59. The molecule has 190 valence electrons. The average molecular weight is 509 g/mol. The summed E-state index contributed by atoms with van der Waals surface area (Å²) in [5.41, 5.74) is 3.30. The number of hydrogen-bond donors (Lipinski definition) is 0. The average Bonchev–Trinajstić information content (AvgIpc) is 3.63. The molecule has 38 heavy (non-hydrogen) atoms. The molecule has 8 nitrogen and oxygen atoms in total. The lowest BCUT2D eigenvalue weighted by atomic mass is 10.1. The van der Waals surface area contributed by atoms with Crippen LogP contribution in [0.4, 0.5) is 10.2 Å². The van der Waals surface area contributed by atoms with Crippen LogP contribution in [0.15, 0.2) is 77.9 Å². The molecule has 0 spiro atoms. The smallest absolute Gasteiger partial charge is 0.269 e. The Hall–Kier alpha value is -4.53. The number of pyridine rings is 1. The highest BCUT2D eigenvalue weighted by atomic mass is 19.1. The molecular weight excluding hydrogens is 483 g/mol. The van der Waals surface area contributed by atoms with E-state index in [-0.39, 0.29) is 23.8 Å². The van der Waals surface area contributed by atoms with Crippen LogP contribution < -0.4 is 9.64 Å². The summed E-state index contributed by atoms with van der Waals surface area (Å²) in [7, 11) is 1.74. The number of amides is 1. The van der Waals surface area contributed by atoms with Crippen LogP contribution in [-0.2, 0) is 6.54 Å². The standard InChI is InChI=1S/C29H25FN6O2/c1-34-27(37)25-26(36-24-7-4-6-23(24)32-29(34)36)33-35(28(25)38-21-14-12-20(30)13-15-21)17-18-8-10-19(11-9-18)22-5-2-3-16-31-22/h2-3,5,8-16,23-24H,4,6-7,17H2,1H3. The number of aliphatic imine (C=N–C) groups is 1. The number of benzene rings is 2. The maximum atomic E-state index is 13.6. The van der Waals surface area contributed by atoms with Crippen LogP contribution in [0.5, 0.6) is 11.6 Å². The SMILES string of the molecule is CN1C(=O)c2c(nn(Cc3ccc(-c4ccccn4)cc3)c2Oc2ccc(F)cc2)N2C1=NC1CCCC12. The molecule has 2 unspecified atom stereocenters. The highest BCUT2D eigenvalue weighted by Crippen LogP contribution is 2.44. The van der Waals surface area contributed by atoms with Gasteiger partial charge < -0.3 is 4.74 Å². The summed E-state index contributed by atoms with van der Waals surface area (Å²) in [6.07, 6.45) is 4.87. The van der Waals surface area contributed by atoms with E-state index in [0.29, 0.717) is 35.5 Å². The molecule has 1 aliphatic carbocycles. The van der Waals surface area contributed by atoms with E-state index in [2.05, 4.69) is 9.88 Å². The molecule has 1 fully saturated rings. The Morgan fingerprint density at radius 2 is 1.84 bits per heavy atom. The summed E-state index contributed by atoms with van der Waals surface area (Å²) in [5, 5.41) is 4.93. The summed E-state index contributed by atoms with van der Waals surface area (Å²) in [6.45, 7) is 0.386. The van der Waals surface area contributed by atoms with Gasteiger partial charge in [-0.15, -0.1) is 0 Å². The summed E-state index contributed by atoms with van der Waals surface area (Å²) in [6, 6.07) is 20.0. The van der Waals surface area contributed by atoms with Crippen LogP contribution in [0.2, 0.25) is 0 Å². The van der Waals surface area contributed by atoms with Crippen molar-refractivity contribution < 1.29 is 13.9 Å². The van der Waals surface area contributed by atoms with Crippen LogP contribution >= 0.6 is 0 Å². The Morgan fingerprint density at radius 3 is 2.61 bits per heavy atom. The van der Waals surface area contributed by atoms with Crippen LogP contribution in [0.1, 0.15) is 35.2 Å². The van der Waals surface area contributed by atoms with Gasteiger partial charge >= 0.3 is 0 Å². The van der Waals surface area contributed by atoms with Gasteiger partial charge in [-0.3, -0.25) is 19.6 Å². The number of carbonyl (C=O) groups excluding carboxylic acids is 1. The van der Waals surface area contributed by atoms with Crippen molar-refractivity contribution in [2.45, 2.75) is 37.9 Å². The number of aromatic nitrogens is 3. The van der Waals surface area contributed by atoms with E-state index >= 15 is 0 Å². The Bertz CT molecular complexity index is 1550. The number of carbonyl (C=O) groups is 1. The van der Waals surface area contributed by atoms with E-state index < -0.39 is 0 Å². The van der Waals surface area contributed by atoms with Crippen LogP contribution in [0, 0.1) is 5.82 Å². The molecule has 0 saturated heterocycles. The number of ether oxygens (including phenoxy) is 1. The molecule has 9 heteroatoms. The monoisotopic (exact) mass is 508 g/mol. The van der Waals surface area contributed by atoms with E-state index in [0.717, 1.165) is 36.1 Å². The molecule has 2 aromatic carbocycles. The normalized spacial score (nSPS) is 19.7. The van der Waals surface area contributed by atoms with Gasteiger partial charge in [0.1, 0.15) is 17.1 Å². The molecule has 4 heterocycles. The Kier molecular flexibility index (Phi) is 5.24. The van der Waals surface area contributed by atoms with E-state index in [1.54, 1.807) is 35.0 Å². The van der Waals surface area contributed by atoms with E-state index in [1.165, 1.54) is 12.1 Å². The summed E-state index contributed by atoms with van der Waals surface area (Å²) in [4.78, 5) is 26.6. The number of hydrogen-bond acceptors (Lipinski definition) is 6. The van der Waals surface area contributed by atoms with Crippen LogP contribution in [0.3, 0.4) is 0 Å². The summed E-state index contributed by atoms with van der Waals surface area (Å²) >= 11 is 0. The molecule has 0 N–H and O–H groups in total. The van der Waals surface area contributed by atoms with Crippen molar-refractivity contribution in [2.75, 3.05) is 11.9 Å². The van der Waals surface area contributed by atoms with Gasteiger partial charge in [0.2, 0.25) is 11.8 Å². The fourth-order valence-electron chi connectivity index (χ4n) is 5.59. The van der Waals surface area contributed by atoms with Crippen molar-refractivity contribution in [1.29, 1.82) is 0 Å². The number of anilines is 1. The lowest BCUT2D eigenvalue weighted by Gasteiger charge is -2.33. The van der Waals surface area contributed by atoms with Gasteiger partial charge in [0.15, 0.2) is 5.82 Å². The van der Waals surface area contributed by atoms with Crippen molar-refractivity contribution in [3.63, 3.8) is 0 Å². The van der Waals surface area contributed by atoms with Gasteiger partial charge in [-0.1, -0.05) is 30.3 Å². The fraction of sp³-hybridized carbons (Fsp3) is 0.241. The number of halogens is 1. The minimum absolute atomic E-state index is 0.164. The molecular formula is C29H25FN6O2. The Labute approximate surface area is 219 Å². The second-order valence-corrected chi connectivity index (χ2v) is 9.86. The third-order valence-electron chi connectivity index (χ3n) is 7.48. The van der Waals surface area contributed by atoms with Gasteiger partial charge in [0.05, 0.1) is 24.3 Å². The number of guanidine groups is 1. The first-order valence-corrected chi connectivity index (χ1v) is 12.8. The third kappa shape index (κ3) is 3.65. The molecule has 2 aliphatic heterocycles. The van der Waals surface area contributed by atoms with Gasteiger partial charge in [0.25, 0.3) is 5.91 Å². The quantitative estimate of drug-likeness (QED) is 0.375. The Balaban J connectivity index is 1.30. The topological polar surface area (TPSA) is 75.8 Å². The molecule has 2 aromatic heterocycles. The van der Waals surface area contributed by atoms with Gasteiger partial charge in [-0.05, 0) is 61.2 Å². The number of fused-ring (bicyclic) bond motifs is 5. The Morgan fingerprint density at radius 1 is 1.03 bits per heavy atom. The molecule has 0 radical (unpaired) electrons. The van der Waals surface area contributed by atoms with E-state index in [1.807, 2.05) is 42.5 Å². The zero-order valence-electron chi connectivity index (χ0n) is 20.8. The van der Waals surface area contributed by atoms with Gasteiger partial charge in [-0.25, -0.2) is 14.1 Å². The first-order valence-electron chi connectivity index (χ1n) is 12.8. The second kappa shape index (κ2) is 8.79. The molecule has 0 bridgehead atoms. The number of nitrogens with zero attached hydrogens (tertiary/aromatic N) is 6. The zero-order valence-corrected chi connectivity index (χ0v) is 20.8. The maximum absolute atomic E-state index is 13.6. The molecule has 3 aliphatic rings. The molecule has 2 atom stereocenters. The lowest BCUT2D eigenvalue weighted by Crippen LogP contribution is -2.51. The van der Waals surface area contributed by atoms with Crippen molar-refractivity contribution in [2.24, 2.45) is 4.99 Å².